The van der Waals surface area contributed by atoms with Crippen molar-refractivity contribution in [3.8, 4) is 0 Å². The van der Waals surface area contributed by atoms with Crippen molar-refractivity contribution in [3.05, 3.63) is 58.1 Å². The second-order valence-corrected chi connectivity index (χ2v) is 7.43. The fourth-order valence-corrected chi connectivity index (χ4v) is 2.91. The first-order valence-corrected chi connectivity index (χ1v) is 8.82. The third-order valence-corrected chi connectivity index (χ3v) is 5.01. The number of hydrogen-bond donors (Lipinski definition) is 2. The molecule has 0 aromatic heterocycles. The van der Waals surface area contributed by atoms with Gasteiger partial charge in [-0.1, -0.05) is 26.0 Å². The van der Waals surface area contributed by atoms with E-state index in [1.807, 2.05) is 24.3 Å². The number of nitrogens with one attached hydrogen (secondary N) is 2. The minimum absolute atomic E-state index is 0.155. The third kappa shape index (κ3) is 3.90. The van der Waals surface area contributed by atoms with Crippen LogP contribution in [0.1, 0.15) is 25.3 Å². The molecule has 0 heterocycles. The molecule has 8 heteroatoms. The van der Waals surface area contributed by atoms with Crippen LogP contribution in [0.4, 0.5) is 17.1 Å². The van der Waals surface area contributed by atoms with Crippen LogP contribution < -0.4 is 10.0 Å². The van der Waals surface area contributed by atoms with Crippen LogP contribution in [-0.2, 0) is 10.0 Å². The number of rotatable bonds is 6. The number of nitro groups is 1. The summed E-state index contributed by atoms with van der Waals surface area (Å²) in [6.45, 7) is 4.16. The van der Waals surface area contributed by atoms with E-state index in [1.54, 1.807) is 0 Å². The number of nitrogens with zero attached hydrogens (tertiary/aromatic N) is 1. The molecule has 0 radical (unpaired) electrons. The molecule has 0 saturated carbocycles. The zero-order valence-electron chi connectivity index (χ0n) is 13.6. The highest BCUT2D eigenvalue weighted by molar-refractivity contribution is 7.89. The summed E-state index contributed by atoms with van der Waals surface area (Å²) >= 11 is 0. The first-order valence-electron chi connectivity index (χ1n) is 7.33. The van der Waals surface area contributed by atoms with Gasteiger partial charge in [-0.15, -0.1) is 0 Å². The van der Waals surface area contributed by atoms with Crippen molar-refractivity contribution in [2.24, 2.45) is 0 Å². The average molecular weight is 349 g/mol. The second kappa shape index (κ2) is 6.98. The largest absolute Gasteiger partial charge is 0.350 e. The van der Waals surface area contributed by atoms with Crippen LogP contribution in [0.2, 0.25) is 0 Å². The van der Waals surface area contributed by atoms with Crippen LogP contribution in [0, 0.1) is 10.1 Å². The Labute approximate surface area is 140 Å². The maximum absolute atomic E-state index is 11.8. The van der Waals surface area contributed by atoms with Crippen LogP contribution in [0.25, 0.3) is 0 Å². The molecule has 0 amide bonds. The van der Waals surface area contributed by atoms with E-state index in [0.29, 0.717) is 11.6 Å². The van der Waals surface area contributed by atoms with Crippen molar-refractivity contribution >= 4 is 27.1 Å². The molecule has 7 nitrogen and oxygen atoms in total. The number of anilines is 2. The molecular formula is C16H19N3O4S. The molecule has 128 valence electrons. The molecule has 2 aromatic rings. The lowest BCUT2D eigenvalue weighted by molar-refractivity contribution is -0.384. The molecule has 0 aliphatic heterocycles. The molecule has 2 rings (SSSR count). The zero-order chi connectivity index (χ0) is 17.9. The molecule has 24 heavy (non-hydrogen) atoms. The van der Waals surface area contributed by atoms with E-state index in [0.717, 1.165) is 11.6 Å². The van der Waals surface area contributed by atoms with Gasteiger partial charge in [-0.3, -0.25) is 10.1 Å². The van der Waals surface area contributed by atoms with Gasteiger partial charge >= 0.3 is 0 Å². The minimum atomic E-state index is -3.74. The van der Waals surface area contributed by atoms with E-state index in [2.05, 4.69) is 23.9 Å². The Kier molecular flexibility index (Phi) is 5.20. The quantitative estimate of drug-likeness (QED) is 0.615. The Balaban J connectivity index is 2.38. The van der Waals surface area contributed by atoms with E-state index < -0.39 is 14.9 Å². The molecule has 0 unspecified atom stereocenters. The Morgan fingerprint density at radius 3 is 2.21 bits per heavy atom. The molecule has 2 aromatic carbocycles. The predicted molar refractivity (Wildman–Crippen MR) is 93.2 cm³/mol. The SMILES string of the molecule is CNS(=O)(=O)c1ccc(Nc2ccc(C(C)C)cc2)c([N+](=O)[O-])c1. The summed E-state index contributed by atoms with van der Waals surface area (Å²) in [5.41, 5.74) is 1.77. The number of hydrogen-bond acceptors (Lipinski definition) is 5. The standard InChI is InChI=1S/C16H19N3O4S/c1-11(2)12-4-6-13(7-5-12)18-15-9-8-14(24(22,23)17-3)10-16(15)19(20)21/h4-11,17-18H,1-3H3. The van der Waals surface area contributed by atoms with E-state index in [4.69, 9.17) is 0 Å². The van der Waals surface area contributed by atoms with E-state index in [9.17, 15) is 18.5 Å². The summed E-state index contributed by atoms with van der Waals surface area (Å²) in [6.07, 6.45) is 0. The predicted octanol–water partition coefficient (Wildman–Crippen LogP) is 3.37. The fourth-order valence-electron chi connectivity index (χ4n) is 2.16. The lowest BCUT2D eigenvalue weighted by Gasteiger charge is -2.10. The summed E-state index contributed by atoms with van der Waals surface area (Å²) in [4.78, 5) is 10.5. The molecule has 0 aliphatic carbocycles. The molecule has 0 atom stereocenters. The topological polar surface area (TPSA) is 101 Å². The maximum atomic E-state index is 11.8. The van der Waals surface area contributed by atoms with E-state index >= 15 is 0 Å². The van der Waals surface area contributed by atoms with E-state index in [1.165, 1.54) is 19.2 Å². The van der Waals surface area contributed by atoms with Gasteiger partial charge in [-0.25, -0.2) is 13.1 Å². The van der Waals surface area contributed by atoms with Crippen LogP contribution in [-0.4, -0.2) is 20.4 Å². The molecule has 0 fully saturated rings. The van der Waals surface area contributed by atoms with E-state index in [-0.39, 0.29) is 16.3 Å². The van der Waals surface area contributed by atoms with Crippen LogP contribution >= 0.6 is 0 Å². The number of nitro benzene ring substituents is 1. The van der Waals surface area contributed by atoms with Gasteiger partial charge in [0.05, 0.1) is 9.82 Å². The van der Waals surface area contributed by atoms with Crippen molar-refractivity contribution in [1.29, 1.82) is 0 Å². The minimum Gasteiger partial charge on any atom is -0.350 e. The first kappa shape index (κ1) is 17.9. The summed E-state index contributed by atoms with van der Waals surface area (Å²) in [5, 5.41) is 14.2. The van der Waals surface area contributed by atoms with Crippen molar-refractivity contribution in [3.63, 3.8) is 0 Å². The third-order valence-electron chi connectivity index (χ3n) is 3.60. The summed E-state index contributed by atoms with van der Waals surface area (Å²) < 4.78 is 25.7. The molecule has 0 bridgehead atoms. The summed E-state index contributed by atoms with van der Waals surface area (Å²) in [5.74, 6) is 0.388. The zero-order valence-corrected chi connectivity index (χ0v) is 14.4. The molecule has 0 aliphatic rings. The van der Waals surface area contributed by atoms with Gasteiger partial charge in [0.2, 0.25) is 10.0 Å². The van der Waals surface area contributed by atoms with Gasteiger partial charge in [-0.05, 0) is 42.8 Å². The molecule has 2 N–H and O–H groups in total. The Bertz CT molecular complexity index is 846. The van der Waals surface area contributed by atoms with Gasteiger partial charge in [0.25, 0.3) is 5.69 Å². The fraction of sp³-hybridized carbons (Fsp3) is 0.250. The molecular weight excluding hydrogens is 330 g/mol. The highest BCUT2D eigenvalue weighted by Crippen LogP contribution is 2.30. The first-order chi connectivity index (χ1) is 11.2. The highest BCUT2D eigenvalue weighted by Gasteiger charge is 2.20. The summed E-state index contributed by atoms with van der Waals surface area (Å²) in [6, 6.07) is 11.3. The van der Waals surface area contributed by atoms with Crippen LogP contribution in [0.3, 0.4) is 0 Å². The van der Waals surface area contributed by atoms with Gasteiger partial charge in [0.15, 0.2) is 0 Å². The smallest absolute Gasteiger partial charge is 0.294 e. The van der Waals surface area contributed by atoms with Gasteiger partial charge in [0.1, 0.15) is 5.69 Å². The van der Waals surface area contributed by atoms with Gasteiger partial charge in [0, 0.05) is 11.8 Å². The monoisotopic (exact) mass is 349 g/mol. The van der Waals surface area contributed by atoms with Gasteiger partial charge < -0.3 is 5.32 Å². The second-order valence-electron chi connectivity index (χ2n) is 5.55. The van der Waals surface area contributed by atoms with Crippen LogP contribution in [0.15, 0.2) is 47.4 Å². The average Bonchev–Trinajstić information content (AvgIpc) is 2.55. The van der Waals surface area contributed by atoms with Crippen LogP contribution in [0.5, 0.6) is 0 Å². The lowest BCUT2D eigenvalue weighted by Crippen LogP contribution is -2.18. The van der Waals surface area contributed by atoms with Crippen molar-refractivity contribution in [2.45, 2.75) is 24.7 Å². The lowest BCUT2D eigenvalue weighted by atomic mass is 10.0. The number of sulfonamides is 1. The molecule has 0 saturated heterocycles. The highest BCUT2D eigenvalue weighted by atomic mass is 32.2. The Morgan fingerprint density at radius 2 is 1.71 bits per heavy atom. The van der Waals surface area contributed by atoms with Crippen molar-refractivity contribution in [2.75, 3.05) is 12.4 Å². The Morgan fingerprint density at radius 1 is 1.08 bits per heavy atom. The van der Waals surface area contributed by atoms with Gasteiger partial charge in [-0.2, -0.15) is 0 Å². The normalized spacial score (nSPS) is 11.5. The van der Waals surface area contributed by atoms with Crippen molar-refractivity contribution in [1.82, 2.24) is 4.72 Å². The summed E-state index contributed by atoms with van der Waals surface area (Å²) in [7, 11) is -2.49. The maximum Gasteiger partial charge on any atom is 0.294 e. The van der Waals surface area contributed by atoms with Crippen molar-refractivity contribution < 1.29 is 13.3 Å². The number of benzene rings is 2. The Hall–Kier alpha value is -2.45. The molecule has 0 spiro atoms.